The molecular weight excluding hydrogens is 408 g/mol. The summed E-state index contributed by atoms with van der Waals surface area (Å²) in [4.78, 5) is 4.17. The van der Waals surface area contributed by atoms with Crippen LogP contribution in [0.4, 0.5) is 4.39 Å². The molecule has 0 saturated carbocycles. The average Bonchev–Trinajstić information content (AvgIpc) is 2.57. The quantitative estimate of drug-likeness (QED) is 0.436. The number of methoxy groups -OCH3 is 1. The van der Waals surface area contributed by atoms with Crippen molar-refractivity contribution in [3.63, 3.8) is 0 Å². The van der Waals surface area contributed by atoms with Crippen molar-refractivity contribution in [3.05, 3.63) is 65.5 Å². The normalized spacial score (nSPS) is 10.7. The van der Waals surface area contributed by atoms with E-state index in [1.807, 2.05) is 24.3 Å². The third kappa shape index (κ3) is 6.05. The van der Waals surface area contributed by atoms with Gasteiger partial charge in [-0.25, -0.2) is 4.39 Å². The predicted octanol–water partition coefficient (Wildman–Crippen LogP) is 3.32. The largest absolute Gasteiger partial charge is 0.496 e. The number of aliphatic imine (C=N–C) groups is 1. The highest BCUT2D eigenvalue weighted by Gasteiger charge is 2.03. The maximum atomic E-state index is 12.9. The number of para-hydroxylation sites is 1. The Morgan fingerprint density at radius 2 is 1.70 bits per heavy atom. The number of hydrogen-bond donors (Lipinski definition) is 2. The van der Waals surface area contributed by atoms with E-state index in [0.29, 0.717) is 19.0 Å². The molecule has 124 valence electrons. The zero-order chi connectivity index (χ0) is 15.8. The van der Waals surface area contributed by atoms with Gasteiger partial charge in [-0.1, -0.05) is 30.3 Å². The van der Waals surface area contributed by atoms with E-state index in [9.17, 15) is 4.39 Å². The molecule has 0 aliphatic heterocycles. The van der Waals surface area contributed by atoms with Crippen molar-refractivity contribution in [1.82, 2.24) is 10.6 Å². The van der Waals surface area contributed by atoms with Crippen molar-refractivity contribution in [2.24, 2.45) is 4.99 Å². The Morgan fingerprint density at radius 1 is 1.04 bits per heavy atom. The molecule has 0 aromatic heterocycles. The summed E-state index contributed by atoms with van der Waals surface area (Å²) in [6.45, 7) is 1.18. The van der Waals surface area contributed by atoms with Crippen LogP contribution >= 0.6 is 24.0 Å². The molecule has 0 spiro atoms. The molecular formula is C17H21FIN3O. The monoisotopic (exact) mass is 429 g/mol. The Kier molecular flexibility index (Phi) is 8.39. The van der Waals surface area contributed by atoms with Gasteiger partial charge < -0.3 is 15.4 Å². The van der Waals surface area contributed by atoms with Gasteiger partial charge in [0, 0.05) is 25.7 Å². The van der Waals surface area contributed by atoms with E-state index >= 15 is 0 Å². The van der Waals surface area contributed by atoms with Crippen LogP contribution < -0.4 is 15.4 Å². The Labute approximate surface area is 153 Å². The zero-order valence-electron chi connectivity index (χ0n) is 13.2. The standard InChI is InChI=1S/C17H20FN3O.HI/c1-19-17(20-11-13-7-9-15(18)10-8-13)21-12-14-5-3-4-6-16(14)22-2;/h3-10H,11-12H2,1-2H3,(H2,19,20,21);1H. The number of guanidine groups is 1. The molecule has 0 bridgehead atoms. The van der Waals surface area contributed by atoms with Crippen LogP contribution in [0.1, 0.15) is 11.1 Å². The van der Waals surface area contributed by atoms with E-state index in [4.69, 9.17) is 4.74 Å². The van der Waals surface area contributed by atoms with Crippen molar-refractivity contribution in [1.29, 1.82) is 0 Å². The number of rotatable bonds is 5. The van der Waals surface area contributed by atoms with Crippen molar-refractivity contribution < 1.29 is 9.13 Å². The van der Waals surface area contributed by atoms with Gasteiger partial charge in [-0.3, -0.25) is 4.99 Å². The molecule has 0 fully saturated rings. The molecule has 0 aliphatic carbocycles. The molecule has 2 rings (SSSR count). The average molecular weight is 429 g/mol. The van der Waals surface area contributed by atoms with Crippen LogP contribution in [0.3, 0.4) is 0 Å². The summed E-state index contributed by atoms with van der Waals surface area (Å²) < 4.78 is 18.2. The van der Waals surface area contributed by atoms with Gasteiger partial charge in [0.25, 0.3) is 0 Å². The number of hydrogen-bond acceptors (Lipinski definition) is 2. The molecule has 0 atom stereocenters. The van der Waals surface area contributed by atoms with E-state index in [1.54, 1.807) is 26.3 Å². The van der Waals surface area contributed by atoms with Crippen LogP contribution in [0.5, 0.6) is 5.75 Å². The number of ether oxygens (including phenoxy) is 1. The molecule has 0 radical (unpaired) electrons. The Balaban J connectivity index is 0.00000264. The summed E-state index contributed by atoms with van der Waals surface area (Å²) in [5.74, 6) is 1.28. The molecule has 0 amide bonds. The van der Waals surface area contributed by atoms with E-state index in [2.05, 4.69) is 15.6 Å². The van der Waals surface area contributed by atoms with Crippen LogP contribution in [0, 0.1) is 5.82 Å². The number of nitrogens with one attached hydrogen (secondary N) is 2. The fourth-order valence-electron chi connectivity index (χ4n) is 2.04. The fraction of sp³-hybridized carbons (Fsp3) is 0.235. The second kappa shape index (κ2) is 10.0. The van der Waals surface area contributed by atoms with E-state index < -0.39 is 0 Å². The van der Waals surface area contributed by atoms with E-state index in [1.165, 1.54) is 12.1 Å². The first-order valence-electron chi connectivity index (χ1n) is 7.04. The van der Waals surface area contributed by atoms with Crippen LogP contribution in [0.15, 0.2) is 53.5 Å². The van der Waals surface area contributed by atoms with Crippen molar-refractivity contribution in [2.75, 3.05) is 14.2 Å². The lowest BCUT2D eigenvalue weighted by Gasteiger charge is -2.13. The number of benzene rings is 2. The minimum atomic E-state index is -0.234. The summed E-state index contributed by atoms with van der Waals surface area (Å²) in [5.41, 5.74) is 2.04. The molecule has 0 unspecified atom stereocenters. The second-order valence-corrected chi connectivity index (χ2v) is 4.72. The van der Waals surface area contributed by atoms with Gasteiger partial charge in [-0.2, -0.15) is 0 Å². The third-order valence-electron chi connectivity index (χ3n) is 3.24. The second-order valence-electron chi connectivity index (χ2n) is 4.72. The summed E-state index contributed by atoms with van der Waals surface area (Å²) in [5, 5.41) is 6.42. The highest BCUT2D eigenvalue weighted by atomic mass is 127. The lowest BCUT2D eigenvalue weighted by atomic mass is 10.2. The highest BCUT2D eigenvalue weighted by Crippen LogP contribution is 2.16. The summed E-state index contributed by atoms with van der Waals surface area (Å²) in [6, 6.07) is 14.2. The molecule has 0 aliphatic rings. The smallest absolute Gasteiger partial charge is 0.191 e. The van der Waals surface area contributed by atoms with Crippen LogP contribution in [0.25, 0.3) is 0 Å². The molecule has 23 heavy (non-hydrogen) atoms. The molecule has 2 N–H and O–H groups in total. The Morgan fingerprint density at radius 3 is 2.35 bits per heavy atom. The van der Waals surface area contributed by atoms with E-state index in [-0.39, 0.29) is 29.8 Å². The SMILES string of the molecule is CN=C(NCc1ccc(F)cc1)NCc1ccccc1OC.I. The Bertz CT molecular complexity index is 632. The molecule has 6 heteroatoms. The lowest BCUT2D eigenvalue weighted by Crippen LogP contribution is -2.36. The number of nitrogens with zero attached hydrogens (tertiary/aromatic N) is 1. The number of halogens is 2. The topological polar surface area (TPSA) is 45.7 Å². The van der Waals surface area contributed by atoms with Crippen molar-refractivity contribution in [3.8, 4) is 5.75 Å². The van der Waals surface area contributed by atoms with Crippen LogP contribution in [0.2, 0.25) is 0 Å². The van der Waals surface area contributed by atoms with Gasteiger partial charge in [0.2, 0.25) is 0 Å². The van der Waals surface area contributed by atoms with E-state index in [0.717, 1.165) is 16.9 Å². The van der Waals surface area contributed by atoms with Gasteiger partial charge >= 0.3 is 0 Å². The first-order valence-corrected chi connectivity index (χ1v) is 7.04. The first-order chi connectivity index (χ1) is 10.7. The third-order valence-corrected chi connectivity index (χ3v) is 3.24. The summed E-state index contributed by atoms with van der Waals surface area (Å²) in [6.07, 6.45) is 0. The summed E-state index contributed by atoms with van der Waals surface area (Å²) >= 11 is 0. The highest BCUT2D eigenvalue weighted by molar-refractivity contribution is 14.0. The van der Waals surface area contributed by atoms with Crippen molar-refractivity contribution >= 4 is 29.9 Å². The van der Waals surface area contributed by atoms with Gasteiger partial charge in [-0.05, 0) is 23.8 Å². The Hall–Kier alpha value is -1.83. The molecule has 2 aromatic carbocycles. The lowest BCUT2D eigenvalue weighted by molar-refractivity contribution is 0.409. The predicted molar refractivity (Wildman–Crippen MR) is 102 cm³/mol. The molecule has 2 aromatic rings. The van der Waals surface area contributed by atoms with Crippen LogP contribution in [-0.2, 0) is 13.1 Å². The molecule has 0 heterocycles. The van der Waals surface area contributed by atoms with Gasteiger partial charge in [-0.15, -0.1) is 24.0 Å². The fourth-order valence-corrected chi connectivity index (χ4v) is 2.04. The molecule has 4 nitrogen and oxygen atoms in total. The van der Waals surface area contributed by atoms with Gasteiger partial charge in [0.05, 0.1) is 7.11 Å². The van der Waals surface area contributed by atoms with Gasteiger partial charge in [0.15, 0.2) is 5.96 Å². The minimum absolute atomic E-state index is 0. The van der Waals surface area contributed by atoms with Crippen LogP contribution in [-0.4, -0.2) is 20.1 Å². The maximum Gasteiger partial charge on any atom is 0.191 e. The zero-order valence-corrected chi connectivity index (χ0v) is 15.5. The maximum absolute atomic E-state index is 12.9. The first kappa shape index (κ1) is 19.2. The molecule has 0 saturated heterocycles. The minimum Gasteiger partial charge on any atom is -0.496 e. The van der Waals surface area contributed by atoms with Gasteiger partial charge in [0.1, 0.15) is 11.6 Å². The van der Waals surface area contributed by atoms with Crippen molar-refractivity contribution in [2.45, 2.75) is 13.1 Å². The summed E-state index contributed by atoms with van der Waals surface area (Å²) in [7, 11) is 3.36.